The van der Waals surface area contributed by atoms with Crippen molar-refractivity contribution in [3.8, 4) is 23.0 Å². The molecule has 1 aliphatic rings. The fraction of sp³-hybridized carbons (Fsp3) is 0.333. The molecule has 0 saturated heterocycles. The molecule has 3 aromatic carbocycles. The van der Waals surface area contributed by atoms with E-state index in [1.165, 1.54) is 22.1 Å². The van der Waals surface area contributed by atoms with Crippen LogP contribution < -0.4 is 5.32 Å². The van der Waals surface area contributed by atoms with Crippen LogP contribution in [0.1, 0.15) is 79.8 Å². The minimum Gasteiger partial charge on any atom is -0.390 e. The van der Waals surface area contributed by atoms with Gasteiger partial charge < -0.3 is 15.4 Å². The molecule has 3 nitrogen and oxygen atoms in total. The van der Waals surface area contributed by atoms with Crippen LogP contribution in [-0.2, 0) is 0 Å². The number of aromatic amines is 1. The lowest BCUT2D eigenvalue weighted by Crippen LogP contribution is -2.50. The van der Waals surface area contributed by atoms with Gasteiger partial charge in [0.15, 0.2) is 0 Å². The quantitative estimate of drug-likeness (QED) is 0.260. The molecular weight excluding hydrogens is 440 g/mol. The zero-order valence-electron chi connectivity index (χ0n) is 22.4. The largest absolute Gasteiger partial charge is 0.390 e. The van der Waals surface area contributed by atoms with Crippen molar-refractivity contribution in [2.75, 3.05) is 5.32 Å². The third-order valence-corrected chi connectivity index (χ3v) is 7.80. The first kappa shape index (κ1) is 24.2. The van der Waals surface area contributed by atoms with Crippen molar-refractivity contribution in [1.29, 1.82) is 0 Å². The second-order valence-electron chi connectivity index (χ2n) is 11.2. The summed E-state index contributed by atoms with van der Waals surface area (Å²) in [6.45, 7) is 15.0. The molecule has 1 aliphatic heterocycles. The van der Waals surface area contributed by atoms with Gasteiger partial charge in [0.05, 0.1) is 17.2 Å². The molecule has 1 unspecified atom stereocenters. The molecule has 3 N–H and O–H groups in total. The van der Waals surface area contributed by atoms with Crippen LogP contribution in [0.3, 0.4) is 0 Å². The fourth-order valence-electron chi connectivity index (χ4n) is 5.75. The number of hydrogen-bond donors (Lipinski definition) is 3. The number of anilines is 1. The number of aryl methyl sites for hydroxylation is 2. The minimum absolute atomic E-state index is 0.0656. The molecule has 0 fully saturated rings. The summed E-state index contributed by atoms with van der Waals surface area (Å²) in [6, 6.07) is 17.1. The molecule has 2 atom stereocenters. The van der Waals surface area contributed by atoms with Crippen LogP contribution in [0.15, 0.2) is 54.7 Å². The average molecular weight is 477 g/mol. The van der Waals surface area contributed by atoms with Gasteiger partial charge in [0, 0.05) is 45.4 Å². The average Bonchev–Trinajstić information content (AvgIpc) is 3.23. The van der Waals surface area contributed by atoms with Gasteiger partial charge in [-0.15, -0.1) is 0 Å². The van der Waals surface area contributed by atoms with Crippen LogP contribution in [0, 0.1) is 25.7 Å². The first-order valence-electron chi connectivity index (χ1n) is 12.9. The molecule has 0 saturated carbocycles. The third-order valence-electron chi connectivity index (χ3n) is 7.80. The Labute approximate surface area is 215 Å². The van der Waals surface area contributed by atoms with Crippen molar-refractivity contribution in [3.63, 3.8) is 0 Å². The second-order valence-corrected chi connectivity index (χ2v) is 11.2. The van der Waals surface area contributed by atoms with Gasteiger partial charge in [-0.1, -0.05) is 69.0 Å². The van der Waals surface area contributed by atoms with E-state index in [2.05, 4.69) is 125 Å². The fourth-order valence-corrected chi connectivity index (χ4v) is 5.75. The van der Waals surface area contributed by atoms with Gasteiger partial charge in [-0.3, -0.25) is 0 Å². The first-order chi connectivity index (χ1) is 17.1. The number of aliphatic hydroxyl groups is 1. The van der Waals surface area contributed by atoms with Gasteiger partial charge in [-0.25, -0.2) is 0 Å². The predicted molar refractivity (Wildman–Crippen MR) is 152 cm³/mol. The lowest BCUT2D eigenvalue weighted by Gasteiger charge is -2.43. The van der Waals surface area contributed by atoms with E-state index < -0.39 is 11.6 Å². The summed E-state index contributed by atoms with van der Waals surface area (Å²) < 4.78 is 0. The van der Waals surface area contributed by atoms with Crippen LogP contribution in [0.5, 0.6) is 0 Å². The summed E-state index contributed by atoms with van der Waals surface area (Å²) in [4.78, 5) is 3.50. The van der Waals surface area contributed by atoms with Crippen molar-refractivity contribution in [1.82, 2.24) is 4.98 Å². The molecule has 2 heterocycles. The maximum Gasteiger partial charge on any atom is 0.0831 e. The maximum absolute atomic E-state index is 11.3. The Bertz CT molecular complexity index is 1530. The number of hydrogen-bond acceptors (Lipinski definition) is 2. The van der Waals surface area contributed by atoms with Gasteiger partial charge in [-0.05, 0) is 68.0 Å². The van der Waals surface area contributed by atoms with Crippen molar-refractivity contribution in [2.45, 2.75) is 71.9 Å². The molecule has 0 amide bonds. The summed E-state index contributed by atoms with van der Waals surface area (Å²) in [7, 11) is 0. The molecule has 4 aromatic rings. The minimum atomic E-state index is -0.535. The standard InChI is InChI=1S/C33H36N2O/c1-19(2)24-12-9-8-11-23(24)15-16-26-28(27-14-10-13-25-21(4)18-34-31(25)27)17-20(3)30-29(26)22(5)32(36)33(6,7)35-30/h8-14,17-19,22,32,34-36H,1-7H3/t22-,32?/m0/s1. The molecule has 36 heavy (non-hydrogen) atoms. The number of aliphatic hydroxyl groups excluding tert-OH is 1. The van der Waals surface area contributed by atoms with Gasteiger partial charge in [0.1, 0.15) is 0 Å². The Hall–Kier alpha value is -3.48. The SMILES string of the molecule is Cc1cc(-c2cccc3c(C)c[nH]c23)c(C#Cc2ccccc2C(C)C)c2c1NC(C)(C)C(O)[C@H]2C. The Morgan fingerprint density at radius 3 is 2.44 bits per heavy atom. The highest BCUT2D eigenvalue weighted by atomic mass is 16.3. The van der Waals surface area contributed by atoms with Crippen LogP contribution in [0.25, 0.3) is 22.0 Å². The second kappa shape index (κ2) is 8.87. The van der Waals surface area contributed by atoms with Crippen LogP contribution in [0.4, 0.5) is 5.69 Å². The molecule has 5 rings (SSSR count). The maximum atomic E-state index is 11.3. The van der Waals surface area contributed by atoms with Crippen LogP contribution in [0.2, 0.25) is 0 Å². The highest BCUT2D eigenvalue weighted by Crippen LogP contribution is 2.46. The van der Waals surface area contributed by atoms with E-state index in [-0.39, 0.29) is 5.92 Å². The Balaban J connectivity index is 1.84. The Kier molecular flexibility index (Phi) is 5.97. The number of benzene rings is 3. The van der Waals surface area contributed by atoms with Crippen molar-refractivity contribution in [3.05, 3.63) is 88.1 Å². The van der Waals surface area contributed by atoms with Gasteiger partial charge >= 0.3 is 0 Å². The number of rotatable bonds is 2. The highest BCUT2D eigenvalue weighted by molar-refractivity contribution is 5.98. The van der Waals surface area contributed by atoms with E-state index in [9.17, 15) is 5.11 Å². The van der Waals surface area contributed by atoms with E-state index in [1.54, 1.807) is 0 Å². The molecule has 0 radical (unpaired) electrons. The zero-order valence-corrected chi connectivity index (χ0v) is 22.4. The lowest BCUT2D eigenvalue weighted by molar-refractivity contribution is 0.0868. The number of nitrogens with one attached hydrogen (secondary N) is 2. The smallest absolute Gasteiger partial charge is 0.0831 e. The monoisotopic (exact) mass is 476 g/mol. The van der Waals surface area contributed by atoms with Crippen molar-refractivity contribution >= 4 is 16.6 Å². The molecule has 0 spiro atoms. The molecule has 3 heteroatoms. The summed E-state index contributed by atoms with van der Waals surface area (Å²) in [5.74, 6) is 7.47. The number of para-hydroxylation sites is 1. The van der Waals surface area contributed by atoms with E-state index in [1.807, 2.05) is 0 Å². The molecular formula is C33H36N2O. The number of aromatic nitrogens is 1. The lowest BCUT2D eigenvalue weighted by atomic mass is 9.75. The summed E-state index contributed by atoms with van der Waals surface area (Å²) in [5.41, 5.74) is 10.8. The topological polar surface area (TPSA) is 48.0 Å². The zero-order chi connectivity index (χ0) is 25.8. The van der Waals surface area contributed by atoms with Gasteiger partial charge in [-0.2, -0.15) is 0 Å². The predicted octanol–water partition coefficient (Wildman–Crippen LogP) is 7.64. The molecule has 0 aliphatic carbocycles. The van der Waals surface area contributed by atoms with E-state index in [0.29, 0.717) is 5.92 Å². The first-order valence-corrected chi connectivity index (χ1v) is 12.9. The van der Waals surface area contributed by atoms with Gasteiger partial charge in [0.2, 0.25) is 0 Å². The van der Waals surface area contributed by atoms with E-state index >= 15 is 0 Å². The highest BCUT2D eigenvalue weighted by Gasteiger charge is 2.40. The number of H-pyrrole nitrogens is 1. The van der Waals surface area contributed by atoms with Crippen LogP contribution >= 0.6 is 0 Å². The summed E-state index contributed by atoms with van der Waals surface area (Å²) in [6.07, 6.45) is 1.53. The number of fused-ring (bicyclic) bond motifs is 2. The summed E-state index contributed by atoms with van der Waals surface area (Å²) >= 11 is 0. The Morgan fingerprint density at radius 2 is 1.69 bits per heavy atom. The van der Waals surface area contributed by atoms with Crippen LogP contribution in [-0.4, -0.2) is 21.7 Å². The normalized spacial score (nSPS) is 18.5. The van der Waals surface area contributed by atoms with Crippen molar-refractivity contribution < 1.29 is 5.11 Å². The van der Waals surface area contributed by atoms with E-state index in [0.717, 1.165) is 39.0 Å². The van der Waals surface area contributed by atoms with Gasteiger partial charge in [0.25, 0.3) is 0 Å². The molecule has 184 valence electrons. The molecule has 1 aromatic heterocycles. The van der Waals surface area contributed by atoms with E-state index in [4.69, 9.17) is 0 Å². The summed E-state index contributed by atoms with van der Waals surface area (Å²) in [5, 5.41) is 16.2. The third kappa shape index (κ3) is 3.91. The van der Waals surface area contributed by atoms with Crippen molar-refractivity contribution in [2.24, 2.45) is 0 Å². The molecule has 0 bridgehead atoms. The Morgan fingerprint density at radius 1 is 0.944 bits per heavy atom.